The molecule has 0 aromatic heterocycles. The van der Waals surface area contributed by atoms with Crippen molar-refractivity contribution >= 4 is 39.5 Å². The zero-order valence-electron chi connectivity index (χ0n) is 56.3. The Morgan fingerprint density at radius 1 is 0.310 bits per heavy atom. The Bertz CT molecular complexity index is 1700. The molecule has 0 aliphatic rings. The number of unbranched alkanes of at least 4 members (excludes halogenated alkanes) is 37. The summed E-state index contributed by atoms with van der Waals surface area (Å²) in [6.07, 6.45) is 44.3. The van der Waals surface area contributed by atoms with Crippen molar-refractivity contribution < 1.29 is 80.2 Å². The van der Waals surface area contributed by atoms with Gasteiger partial charge in [0.05, 0.1) is 26.4 Å². The van der Waals surface area contributed by atoms with Gasteiger partial charge in [0.2, 0.25) is 0 Å². The third-order valence-electron chi connectivity index (χ3n) is 15.7. The molecule has 0 heterocycles. The highest BCUT2D eigenvalue weighted by Gasteiger charge is 2.30. The molecular weight excluding hydrogens is 1150 g/mol. The summed E-state index contributed by atoms with van der Waals surface area (Å²) in [5.41, 5.74) is 0. The second kappa shape index (κ2) is 60.3. The van der Waals surface area contributed by atoms with Gasteiger partial charge >= 0.3 is 39.5 Å². The van der Waals surface area contributed by atoms with Crippen LogP contribution in [0.25, 0.3) is 0 Å². The predicted molar refractivity (Wildman–Crippen MR) is 349 cm³/mol. The van der Waals surface area contributed by atoms with Crippen LogP contribution in [0.4, 0.5) is 0 Å². The Balaban J connectivity index is 5.23. The number of aliphatic hydroxyl groups excluding tert-OH is 1. The van der Waals surface area contributed by atoms with E-state index in [1.165, 1.54) is 161 Å². The van der Waals surface area contributed by atoms with Crippen molar-refractivity contribution in [3.8, 4) is 0 Å². The van der Waals surface area contributed by atoms with Crippen molar-refractivity contribution in [2.45, 2.75) is 362 Å². The molecule has 19 heteroatoms. The fourth-order valence-electron chi connectivity index (χ4n) is 10.2. The quantitative estimate of drug-likeness (QED) is 0.0222. The first-order chi connectivity index (χ1) is 41.9. The average molecular weight is 1280 g/mol. The lowest BCUT2D eigenvalue weighted by molar-refractivity contribution is -0.161. The molecule has 0 bridgehead atoms. The Kier molecular flexibility index (Phi) is 59.0. The minimum Gasteiger partial charge on any atom is -0.462 e. The molecule has 0 aromatic carbocycles. The summed E-state index contributed by atoms with van der Waals surface area (Å²) in [6, 6.07) is 0. The molecule has 3 N–H and O–H groups in total. The average Bonchev–Trinajstić information content (AvgIpc) is 3.70. The zero-order chi connectivity index (χ0) is 64.3. The van der Waals surface area contributed by atoms with Crippen LogP contribution < -0.4 is 0 Å². The molecule has 0 aliphatic carbocycles. The Labute approximate surface area is 530 Å². The fraction of sp³-hybridized carbons (Fsp3) is 0.941. The highest BCUT2D eigenvalue weighted by atomic mass is 31.2. The normalized spacial score (nSPS) is 14.2. The number of hydrogen-bond donors (Lipinski definition) is 3. The lowest BCUT2D eigenvalue weighted by Crippen LogP contribution is -2.30. The highest BCUT2D eigenvalue weighted by Crippen LogP contribution is 2.45. The Morgan fingerprint density at radius 2 is 0.529 bits per heavy atom. The number of rotatable bonds is 67. The number of ether oxygens (including phenoxy) is 4. The molecule has 5 atom stereocenters. The third-order valence-corrected chi connectivity index (χ3v) is 17.6. The molecule has 0 saturated carbocycles. The zero-order valence-corrected chi connectivity index (χ0v) is 58.1. The largest absolute Gasteiger partial charge is 0.472 e. The summed E-state index contributed by atoms with van der Waals surface area (Å²) in [5, 5.41) is 10.6. The smallest absolute Gasteiger partial charge is 0.462 e. The number of phosphoric ester groups is 2. The number of aliphatic hydroxyl groups is 1. The van der Waals surface area contributed by atoms with Crippen LogP contribution in [0.15, 0.2) is 0 Å². The van der Waals surface area contributed by atoms with E-state index in [9.17, 15) is 43.2 Å². The van der Waals surface area contributed by atoms with Gasteiger partial charge in [0, 0.05) is 25.7 Å². The van der Waals surface area contributed by atoms with E-state index >= 15 is 0 Å². The van der Waals surface area contributed by atoms with Gasteiger partial charge in [0.25, 0.3) is 0 Å². The van der Waals surface area contributed by atoms with Crippen LogP contribution in [0, 0.1) is 11.8 Å². The van der Waals surface area contributed by atoms with E-state index < -0.39 is 97.5 Å². The van der Waals surface area contributed by atoms with Crippen LogP contribution in [0.2, 0.25) is 0 Å². The third kappa shape index (κ3) is 62.6. The summed E-state index contributed by atoms with van der Waals surface area (Å²) < 4.78 is 68.1. The van der Waals surface area contributed by atoms with Gasteiger partial charge in [0.15, 0.2) is 12.2 Å². The number of carbonyl (C=O) groups excluding carboxylic acids is 4. The first kappa shape index (κ1) is 85.1. The van der Waals surface area contributed by atoms with Gasteiger partial charge in [-0.2, -0.15) is 0 Å². The van der Waals surface area contributed by atoms with Gasteiger partial charge < -0.3 is 33.8 Å². The van der Waals surface area contributed by atoms with Crippen LogP contribution in [-0.4, -0.2) is 96.7 Å². The monoisotopic (exact) mass is 1280 g/mol. The van der Waals surface area contributed by atoms with Crippen LogP contribution >= 0.6 is 15.6 Å². The maximum absolute atomic E-state index is 13.0. The molecule has 0 amide bonds. The van der Waals surface area contributed by atoms with Gasteiger partial charge in [-0.15, -0.1) is 0 Å². The van der Waals surface area contributed by atoms with Crippen molar-refractivity contribution in [3.05, 3.63) is 0 Å². The Hall–Kier alpha value is -1.94. The van der Waals surface area contributed by atoms with Gasteiger partial charge in [-0.3, -0.25) is 37.3 Å². The van der Waals surface area contributed by atoms with Crippen LogP contribution in [0.5, 0.6) is 0 Å². The first-order valence-corrected chi connectivity index (χ1v) is 38.5. The number of esters is 4. The van der Waals surface area contributed by atoms with Crippen LogP contribution in [0.1, 0.15) is 343 Å². The molecule has 516 valence electrons. The maximum Gasteiger partial charge on any atom is 0.472 e. The second-order valence-corrected chi connectivity index (χ2v) is 28.4. The van der Waals surface area contributed by atoms with Crippen molar-refractivity contribution in [3.63, 3.8) is 0 Å². The molecule has 0 aliphatic heterocycles. The second-order valence-electron chi connectivity index (χ2n) is 25.5. The maximum atomic E-state index is 13.0. The number of phosphoric acid groups is 2. The molecular formula is C68H132O17P2. The van der Waals surface area contributed by atoms with E-state index in [4.69, 9.17) is 37.0 Å². The molecule has 0 radical (unpaired) electrons. The molecule has 17 nitrogen and oxygen atoms in total. The molecule has 0 saturated heterocycles. The number of carbonyl (C=O) groups is 4. The van der Waals surface area contributed by atoms with E-state index in [1.54, 1.807) is 0 Å². The van der Waals surface area contributed by atoms with Crippen LogP contribution in [0.3, 0.4) is 0 Å². The molecule has 0 rings (SSSR count). The van der Waals surface area contributed by atoms with Crippen molar-refractivity contribution in [2.75, 3.05) is 39.6 Å². The molecule has 0 spiro atoms. The van der Waals surface area contributed by atoms with E-state index in [0.717, 1.165) is 102 Å². The van der Waals surface area contributed by atoms with Gasteiger partial charge in [-0.05, 0) is 37.5 Å². The minimum absolute atomic E-state index is 0.106. The van der Waals surface area contributed by atoms with E-state index in [1.807, 2.05) is 0 Å². The summed E-state index contributed by atoms with van der Waals surface area (Å²) >= 11 is 0. The summed E-state index contributed by atoms with van der Waals surface area (Å²) in [7, 11) is -9.89. The Morgan fingerprint density at radius 3 is 0.782 bits per heavy atom. The van der Waals surface area contributed by atoms with E-state index in [-0.39, 0.29) is 25.7 Å². The fourth-order valence-corrected chi connectivity index (χ4v) is 11.8. The SMILES string of the molecule is CCCCCCCCCCCCC(=O)O[C@H](COC(=O)CCCCCCCCCCC)COP(=O)(O)OC[C@H](O)COP(=O)(O)OC[C@@H](COC(=O)CCCCCCCCCCCCCC(C)C)OC(=O)CCCCCCCCCCCCCC(C)C. The molecule has 87 heavy (non-hydrogen) atoms. The first-order valence-electron chi connectivity index (χ1n) is 35.5. The van der Waals surface area contributed by atoms with E-state index in [2.05, 4.69) is 41.5 Å². The molecule has 2 unspecified atom stereocenters. The molecule has 0 aromatic rings. The van der Waals surface area contributed by atoms with Crippen molar-refractivity contribution in [1.29, 1.82) is 0 Å². The standard InChI is InChI=1S/C68H132O17P2/c1-7-9-11-13-15-17-27-34-40-46-52-67(72)84-63(56-78-65(70)50-44-38-32-24-16-14-12-10-8-2)58-82-86(74,75)80-54-62(69)55-81-87(76,77)83-59-64(85-68(73)53-47-41-35-29-23-19-21-26-31-37-43-49-61(5)6)57-79-66(71)51-45-39-33-28-22-18-20-25-30-36-42-48-60(3)4/h60-64,69H,7-59H2,1-6H3,(H,74,75)(H,76,77)/t62-,63+,64+/m0/s1. The topological polar surface area (TPSA) is 237 Å². The summed E-state index contributed by atoms with van der Waals surface area (Å²) in [4.78, 5) is 72.4. The predicted octanol–water partition coefficient (Wildman–Crippen LogP) is 19.2. The minimum atomic E-state index is -4.95. The highest BCUT2D eigenvalue weighted by molar-refractivity contribution is 7.47. The summed E-state index contributed by atoms with van der Waals surface area (Å²) in [5.74, 6) is -0.591. The van der Waals surface area contributed by atoms with Crippen molar-refractivity contribution in [2.24, 2.45) is 11.8 Å². The lowest BCUT2D eigenvalue weighted by atomic mass is 10.0. The van der Waals surface area contributed by atoms with Gasteiger partial charge in [-0.25, -0.2) is 9.13 Å². The van der Waals surface area contributed by atoms with Crippen molar-refractivity contribution in [1.82, 2.24) is 0 Å². The van der Waals surface area contributed by atoms with Crippen LogP contribution in [-0.2, 0) is 65.4 Å². The molecule has 0 fully saturated rings. The summed E-state index contributed by atoms with van der Waals surface area (Å²) in [6.45, 7) is 9.51. The van der Waals surface area contributed by atoms with Gasteiger partial charge in [-0.1, -0.05) is 292 Å². The van der Waals surface area contributed by atoms with E-state index in [0.29, 0.717) is 25.7 Å². The lowest BCUT2D eigenvalue weighted by Gasteiger charge is -2.21. The number of hydrogen-bond acceptors (Lipinski definition) is 15. The van der Waals surface area contributed by atoms with Gasteiger partial charge in [0.1, 0.15) is 19.3 Å².